The molecule has 0 bridgehead atoms. The van der Waals surface area contributed by atoms with Gasteiger partial charge in [-0.25, -0.2) is 0 Å². The molecule has 0 heterocycles. The first-order valence-electron chi connectivity index (χ1n) is 20.1. The van der Waals surface area contributed by atoms with Crippen LogP contribution in [-0.4, -0.2) is 0 Å². The van der Waals surface area contributed by atoms with Gasteiger partial charge in [-0.1, -0.05) is 258 Å². The standard InChI is InChI=1S/C41H83/c1-4-5-6-7-8-9-10-11-12-13-14-15-16-17-18-19-20-21-22-23-24-25-26-27-28-29-30-31-32-33-34-35-36-37-38-39-40-41(2)3/h41H,1,4-40H2,2-3H3. The highest BCUT2D eigenvalue weighted by Crippen LogP contribution is 2.17. The molecule has 1 radical (unpaired) electrons. The summed E-state index contributed by atoms with van der Waals surface area (Å²) in [7, 11) is 0. The second kappa shape index (κ2) is 38.0. The summed E-state index contributed by atoms with van der Waals surface area (Å²) in [6.07, 6.45) is 54.3. The summed E-state index contributed by atoms with van der Waals surface area (Å²) in [4.78, 5) is 0. The van der Waals surface area contributed by atoms with Gasteiger partial charge in [0, 0.05) is 0 Å². The van der Waals surface area contributed by atoms with E-state index < -0.39 is 0 Å². The van der Waals surface area contributed by atoms with Crippen LogP contribution in [0.5, 0.6) is 0 Å². The highest BCUT2D eigenvalue weighted by molar-refractivity contribution is 4.54. The van der Waals surface area contributed by atoms with Gasteiger partial charge in [-0.3, -0.25) is 0 Å². The van der Waals surface area contributed by atoms with Crippen molar-refractivity contribution in [3.05, 3.63) is 6.92 Å². The van der Waals surface area contributed by atoms with Crippen molar-refractivity contribution in [3.63, 3.8) is 0 Å². The molecule has 0 spiro atoms. The zero-order chi connectivity index (χ0) is 29.7. The number of hydrogen-bond donors (Lipinski definition) is 0. The number of rotatable bonds is 37. The highest BCUT2D eigenvalue weighted by atomic mass is 14.0. The Morgan fingerprint density at radius 3 is 0.537 bits per heavy atom. The van der Waals surface area contributed by atoms with Crippen molar-refractivity contribution in [2.24, 2.45) is 5.92 Å². The van der Waals surface area contributed by atoms with Crippen molar-refractivity contribution >= 4 is 0 Å². The van der Waals surface area contributed by atoms with Crippen molar-refractivity contribution < 1.29 is 0 Å². The molecule has 0 amide bonds. The van der Waals surface area contributed by atoms with Crippen LogP contribution in [0.2, 0.25) is 0 Å². The van der Waals surface area contributed by atoms with Crippen LogP contribution >= 0.6 is 0 Å². The lowest BCUT2D eigenvalue weighted by Gasteiger charge is -2.05. The Kier molecular flexibility index (Phi) is 38.0. The number of hydrogen-bond acceptors (Lipinski definition) is 0. The van der Waals surface area contributed by atoms with Gasteiger partial charge in [-0.05, 0) is 5.92 Å². The molecule has 0 nitrogen and oxygen atoms in total. The molecule has 0 aliphatic carbocycles. The summed E-state index contributed by atoms with van der Waals surface area (Å²) in [5, 5.41) is 0. The van der Waals surface area contributed by atoms with Gasteiger partial charge in [0.15, 0.2) is 0 Å². The van der Waals surface area contributed by atoms with Gasteiger partial charge in [0.1, 0.15) is 0 Å². The molecule has 0 atom stereocenters. The Morgan fingerprint density at radius 2 is 0.390 bits per heavy atom. The van der Waals surface area contributed by atoms with Crippen molar-refractivity contribution in [2.75, 3.05) is 0 Å². The SMILES string of the molecule is [CH2]CCCCCCCCCCCCCCCCCCCCCCCCCCCCCCCCCCCCCC(C)C. The first-order chi connectivity index (χ1) is 20.3. The van der Waals surface area contributed by atoms with E-state index in [9.17, 15) is 0 Å². The lowest BCUT2D eigenvalue weighted by Crippen LogP contribution is -1.87. The Morgan fingerprint density at radius 1 is 0.244 bits per heavy atom. The maximum absolute atomic E-state index is 3.93. The molecular weight excluding hydrogens is 492 g/mol. The molecule has 0 saturated carbocycles. The van der Waals surface area contributed by atoms with Crippen LogP contribution in [-0.2, 0) is 0 Å². The van der Waals surface area contributed by atoms with Gasteiger partial charge in [0.2, 0.25) is 0 Å². The zero-order valence-electron chi connectivity index (χ0n) is 29.4. The average molecular weight is 576 g/mol. The summed E-state index contributed by atoms with van der Waals surface area (Å²) in [5.41, 5.74) is 0. The van der Waals surface area contributed by atoms with Gasteiger partial charge in [0.05, 0.1) is 0 Å². The van der Waals surface area contributed by atoms with E-state index in [0.717, 1.165) is 12.3 Å². The maximum atomic E-state index is 3.93. The lowest BCUT2D eigenvalue weighted by atomic mass is 10.0. The fourth-order valence-electron chi connectivity index (χ4n) is 6.56. The van der Waals surface area contributed by atoms with Crippen LogP contribution in [0.3, 0.4) is 0 Å². The van der Waals surface area contributed by atoms with Gasteiger partial charge in [-0.2, -0.15) is 0 Å². The normalized spacial score (nSPS) is 11.7. The maximum Gasteiger partial charge on any atom is -0.0471 e. The summed E-state index contributed by atoms with van der Waals surface area (Å²) in [5.74, 6) is 0.896. The van der Waals surface area contributed by atoms with Crippen molar-refractivity contribution in [3.8, 4) is 0 Å². The molecule has 0 N–H and O–H groups in total. The topological polar surface area (TPSA) is 0 Å². The first kappa shape index (κ1) is 41.0. The molecule has 0 aromatic heterocycles. The highest BCUT2D eigenvalue weighted by Gasteiger charge is 1.98. The summed E-state index contributed by atoms with van der Waals surface area (Å²) in [6.45, 7) is 8.63. The predicted octanol–water partition coefficient (Wildman–Crippen LogP) is 15.9. The fourth-order valence-corrected chi connectivity index (χ4v) is 6.56. The molecule has 0 rings (SSSR count). The first-order valence-corrected chi connectivity index (χ1v) is 20.1. The number of unbranched alkanes of at least 4 members (excludes halogenated alkanes) is 35. The van der Waals surface area contributed by atoms with Gasteiger partial charge >= 0.3 is 0 Å². The van der Waals surface area contributed by atoms with E-state index in [-0.39, 0.29) is 0 Å². The van der Waals surface area contributed by atoms with Gasteiger partial charge in [0.25, 0.3) is 0 Å². The zero-order valence-corrected chi connectivity index (χ0v) is 29.4. The minimum absolute atomic E-state index is 0.896. The second-order valence-electron chi connectivity index (χ2n) is 14.4. The molecule has 0 aliphatic rings. The van der Waals surface area contributed by atoms with Crippen LogP contribution in [0.4, 0.5) is 0 Å². The summed E-state index contributed by atoms with van der Waals surface area (Å²) in [6, 6.07) is 0. The van der Waals surface area contributed by atoms with Crippen LogP contribution in [0, 0.1) is 12.8 Å². The molecule has 0 aromatic carbocycles. The Balaban J connectivity index is 3.03. The van der Waals surface area contributed by atoms with E-state index in [0.29, 0.717) is 0 Å². The van der Waals surface area contributed by atoms with E-state index in [1.54, 1.807) is 0 Å². The molecule has 0 heteroatoms. The quantitative estimate of drug-likeness (QED) is 0.0646. The largest absolute Gasteiger partial charge is 0.0628 e. The monoisotopic (exact) mass is 576 g/mol. The molecule has 247 valence electrons. The van der Waals surface area contributed by atoms with Crippen LogP contribution in [0.15, 0.2) is 0 Å². The van der Waals surface area contributed by atoms with Crippen molar-refractivity contribution in [1.29, 1.82) is 0 Å². The van der Waals surface area contributed by atoms with E-state index in [1.165, 1.54) is 231 Å². The van der Waals surface area contributed by atoms with E-state index >= 15 is 0 Å². The molecule has 0 aromatic rings. The Labute approximate surface area is 263 Å². The van der Waals surface area contributed by atoms with E-state index in [4.69, 9.17) is 0 Å². The average Bonchev–Trinajstić information content (AvgIpc) is 2.97. The van der Waals surface area contributed by atoms with E-state index in [1.807, 2.05) is 0 Å². The van der Waals surface area contributed by atoms with Gasteiger partial charge < -0.3 is 0 Å². The van der Waals surface area contributed by atoms with Crippen molar-refractivity contribution in [1.82, 2.24) is 0 Å². The van der Waals surface area contributed by atoms with Crippen LogP contribution in [0.1, 0.15) is 251 Å². The third-order valence-corrected chi connectivity index (χ3v) is 9.53. The second-order valence-corrected chi connectivity index (χ2v) is 14.4. The van der Waals surface area contributed by atoms with Crippen molar-refractivity contribution in [2.45, 2.75) is 251 Å². The minimum atomic E-state index is 0.896. The molecule has 41 heavy (non-hydrogen) atoms. The van der Waals surface area contributed by atoms with Crippen LogP contribution < -0.4 is 0 Å². The third-order valence-electron chi connectivity index (χ3n) is 9.53. The Bertz CT molecular complexity index is 424. The van der Waals surface area contributed by atoms with Gasteiger partial charge in [-0.15, -0.1) is 0 Å². The minimum Gasteiger partial charge on any atom is -0.0628 e. The molecule has 0 unspecified atom stereocenters. The lowest BCUT2D eigenvalue weighted by molar-refractivity contribution is 0.500. The molecule has 0 fully saturated rings. The van der Waals surface area contributed by atoms with E-state index in [2.05, 4.69) is 20.8 Å². The molecular formula is C41H83. The summed E-state index contributed by atoms with van der Waals surface area (Å²) >= 11 is 0. The smallest absolute Gasteiger partial charge is 0.0471 e. The fraction of sp³-hybridized carbons (Fsp3) is 0.976. The van der Waals surface area contributed by atoms with Crippen LogP contribution in [0.25, 0.3) is 0 Å². The Hall–Kier alpha value is 0. The predicted molar refractivity (Wildman–Crippen MR) is 191 cm³/mol. The molecule has 0 aliphatic heterocycles. The molecule has 0 saturated heterocycles. The third kappa shape index (κ3) is 40.0. The summed E-state index contributed by atoms with van der Waals surface area (Å²) < 4.78 is 0.